The van der Waals surface area contributed by atoms with E-state index < -0.39 is 11.7 Å². The zero-order valence-electron chi connectivity index (χ0n) is 12.6. The highest BCUT2D eigenvalue weighted by Gasteiger charge is 2.26. The fourth-order valence-corrected chi connectivity index (χ4v) is 2.80. The molecule has 0 aromatic heterocycles. The van der Waals surface area contributed by atoms with Crippen LogP contribution in [0, 0.1) is 0 Å². The van der Waals surface area contributed by atoms with Crippen LogP contribution < -0.4 is 10.1 Å². The van der Waals surface area contributed by atoms with Gasteiger partial charge in [-0.15, -0.1) is 0 Å². The molecule has 7 nitrogen and oxygen atoms in total. The maximum atomic E-state index is 12.1. The number of benzene rings is 1. The molecule has 2 aliphatic heterocycles. The summed E-state index contributed by atoms with van der Waals surface area (Å²) >= 11 is 0. The van der Waals surface area contributed by atoms with Gasteiger partial charge in [-0.25, -0.2) is 0 Å². The van der Waals surface area contributed by atoms with E-state index in [2.05, 4.69) is 10.2 Å². The van der Waals surface area contributed by atoms with Gasteiger partial charge in [0, 0.05) is 19.6 Å². The van der Waals surface area contributed by atoms with Crippen molar-refractivity contribution in [1.82, 2.24) is 4.90 Å². The molecule has 1 fully saturated rings. The summed E-state index contributed by atoms with van der Waals surface area (Å²) in [6.45, 7) is 3.14. The number of hydrogen-bond donors (Lipinski definition) is 1. The monoisotopic (exact) mass is 318 g/mol. The molecule has 7 heteroatoms. The second kappa shape index (κ2) is 6.89. The van der Waals surface area contributed by atoms with Gasteiger partial charge in [0.1, 0.15) is 5.75 Å². The second-order valence-electron chi connectivity index (χ2n) is 5.58. The average molecular weight is 318 g/mol. The van der Waals surface area contributed by atoms with Crippen molar-refractivity contribution in [2.75, 3.05) is 44.8 Å². The van der Waals surface area contributed by atoms with Crippen LogP contribution in [0.4, 0.5) is 5.69 Å². The number of morpholine rings is 1. The Balaban J connectivity index is 1.84. The number of carbonyl (C=O) groups excluding carboxylic acids is 3. The van der Waals surface area contributed by atoms with Crippen molar-refractivity contribution >= 4 is 23.7 Å². The van der Waals surface area contributed by atoms with Crippen LogP contribution in [-0.4, -0.2) is 62.3 Å². The normalized spacial score (nSPS) is 19.2. The van der Waals surface area contributed by atoms with Gasteiger partial charge < -0.3 is 14.8 Å². The molecular weight excluding hydrogens is 300 g/mol. The minimum atomic E-state index is -0.560. The number of nitrogens with zero attached hydrogens (tertiary/aromatic N) is 1. The Bertz CT molecular complexity index is 625. The Morgan fingerprint density at radius 2 is 2.13 bits per heavy atom. The fourth-order valence-electron chi connectivity index (χ4n) is 2.80. The third kappa shape index (κ3) is 3.57. The van der Waals surface area contributed by atoms with Gasteiger partial charge in [-0.05, 0) is 17.7 Å². The number of ether oxygens (including phenoxy) is 2. The zero-order valence-corrected chi connectivity index (χ0v) is 12.6. The third-order valence-corrected chi connectivity index (χ3v) is 4.04. The molecule has 0 unspecified atom stereocenters. The molecule has 0 spiro atoms. The van der Waals surface area contributed by atoms with Crippen molar-refractivity contribution in [2.45, 2.75) is 5.92 Å². The van der Waals surface area contributed by atoms with Crippen LogP contribution in [0.15, 0.2) is 18.2 Å². The molecule has 2 aliphatic rings. The molecule has 1 N–H and O–H groups in total. The number of rotatable bonds is 5. The Kier molecular flexibility index (Phi) is 4.68. The van der Waals surface area contributed by atoms with Crippen LogP contribution in [0.5, 0.6) is 5.75 Å². The first-order chi connectivity index (χ1) is 11.2. The van der Waals surface area contributed by atoms with E-state index >= 15 is 0 Å². The van der Waals surface area contributed by atoms with E-state index in [4.69, 9.17) is 9.47 Å². The van der Waals surface area contributed by atoms with Gasteiger partial charge in [-0.1, -0.05) is 6.07 Å². The number of amides is 1. The number of Topliss-reactive ketones (excluding diaryl/α,β-unsaturated/α-hetero) is 1. The van der Waals surface area contributed by atoms with E-state index in [1.807, 2.05) is 0 Å². The number of aldehydes is 1. The first-order valence-corrected chi connectivity index (χ1v) is 7.53. The summed E-state index contributed by atoms with van der Waals surface area (Å²) in [6.07, 6.45) is 0.361. The van der Waals surface area contributed by atoms with Crippen LogP contribution >= 0.6 is 0 Å². The molecule has 122 valence electrons. The molecule has 1 saturated heterocycles. The minimum Gasteiger partial charge on any atom is -0.482 e. The maximum absolute atomic E-state index is 12.1. The van der Waals surface area contributed by atoms with Crippen molar-refractivity contribution in [3.8, 4) is 5.75 Å². The molecule has 23 heavy (non-hydrogen) atoms. The Labute approximate surface area is 133 Å². The quantitative estimate of drug-likeness (QED) is 0.617. The predicted molar refractivity (Wildman–Crippen MR) is 81.6 cm³/mol. The first-order valence-electron chi connectivity index (χ1n) is 7.53. The second-order valence-corrected chi connectivity index (χ2v) is 5.58. The highest BCUT2D eigenvalue weighted by atomic mass is 16.5. The van der Waals surface area contributed by atoms with Crippen LogP contribution in [0.3, 0.4) is 0 Å². The summed E-state index contributed by atoms with van der Waals surface area (Å²) < 4.78 is 10.6. The van der Waals surface area contributed by atoms with Gasteiger partial charge in [0.2, 0.25) is 5.78 Å². The number of fused-ring (bicyclic) bond motifs is 1. The van der Waals surface area contributed by atoms with Gasteiger partial charge in [0.25, 0.3) is 5.91 Å². The zero-order chi connectivity index (χ0) is 16.2. The smallest absolute Gasteiger partial charge is 0.262 e. The van der Waals surface area contributed by atoms with E-state index in [1.165, 1.54) is 0 Å². The maximum Gasteiger partial charge on any atom is 0.262 e. The molecule has 1 aromatic rings. The van der Waals surface area contributed by atoms with Crippen LogP contribution in [0.25, 0.3) is 0 Å². The van der Waals surface area contributed by atoms with Crippen LogP contribution in [-0.2, 0) is 19.1 Å². The lowest BCUT2D eigenvalue weighted by Crippen LogP contribution is -2.40. The third-order valence-electron chi connectivity index (χ3n) is 4.04. The molecule has 0 aliphatic carbocycles. The molecule has 2 heterocycles. The van der Waals surface area contributed by atoms with Gasteiger partial charge in [0.15, 0.2) is 12.9 Å². The van der Waals surface area contributed by atoms with Crippen molar-refractivity contribution in [3.63, 3.8) is 0 Å². The molecular formula is C16H18N2O5. The molecule has 0 saturated carbocycles. The van der Waals surface area contributed by atoms with Crippen molar-refractivity contribution in [1.29, 1.82) is 0 Å². The number of nitrogens with one attached hydrogen (secondary N) is 1. The summed E-state index contributed by atoms with van der Waals surface area (Å²) in [5.41, 5.74) is 1.22. The van der Waals surface area contributed by atoms with E-state index in [0.29, 0.717) is 43.0 Å². The molecule has 0 radical (unpaired) electrons. The lowest BCUT2D eigenvalue weighted by Gasteiger charge is -2.30. The van der Waals surface area contributed by atoms with Crippen LogP contribution in [0.2, 0.25) is 0 Å². The van der Waals surface area contributed by atoms with Crippen molar-refractivity contribution < 1.29 is 23.9 Å². The van der Waals surface area contributed by atoms with Gasteiger partial charge >= 0.3 is 0 Å². The van der Waals surface area contributed by atoms with Gasteiger partial charge in [-0.2, -0.15) is 0 Å². The SMILES string of the molecule is O=CC(=O)[C@@H](CN1CCOCC1)c1ccc2c(c1)NC(=O)CO2. The summed E-state index contributed by atoms with van der Waals surface area (Å²) in [5, 5.41) is 2.72. The van der Waals surface area contributed by atoms with Crippen LogP contribution in [0.1, 0.15) is 11.5 Å². The summed E-state index contributed by atoms with van der Waals surface area (Å²) in [7, 11) is 0. The standard InChI is InChI=1S/C16H18N2O5/c19-9-14(20)12(8-18-3-5-22-6-4-18)11-1-2-15-13(7-11)17-16(21)10-23-15/h1-2,7,9,12H,3-6,8,10H2,(H,17,21)/t12-/m0/s1. The lowest BCUT2D eigenvalue weighted by molar-refractivity contribution is -0.131. The van der Waals surface area contributed by atoms with Crippen molar-refractivity contribution in [2.24, 2.45) is 0 Å². The molecule has 1 atom stereocenters. The van der Waals surface area contributed by atoms with Crippen molar-refractivity contribution in [3.05, 3.63) is 23.8 Å². The number of hydrogen-bond acceptors (Lipinski definition) is 6. The Morgan fingerprint density at radius 1 is 1.35 bits per heavy atom. The Morgan fingerprint density at radius 3 is 2.87 bits per heavy atom. The summed E-state index contributed by atoms with van der Waals surface area (Å²) in [5.74, 6) is -0.702. The van der Waals surface area contributed by atoms with Gasteiger partial charge in [0.05, 0.1) is 24.8 Å². The number of ketones is 1. The van der Waals surface area contributed by atoms with Gasteiger partial charge in [-0.3, -0.25) is 19.3 Å². The van der Waals surface area contributed by atoms with E-state index in [1.54, 1.807) is 18.2 Å². The first kappa shape index (κ1) is 15.6. The summed E-state index contributed by atoms with van der Waals surface area (Å²) in [4.78, 5) is 36.6. The molecule has 1 amide bonds. The van der Waals surface area contributed by atoms with E-state index in [0.717, 1.165) is 13.1 Å². The fraction of sp³-hybridized carbons (Fsp3) is 0.438. The molecule has 0 bridgehead atoms. The topological polar surface area (TPSA) is 84.9 Å². The van der Waals surface area contributed by atoms with E-state index in [9.17, 15) is 14.4 Å². The minimum absolute atomic E-state index is 0.0170. The average Bonchev–Trinajstić information content (AvgIpc) is 2.59. The summed E-state index contributed by atoms with van der Waals surface area (Å²) in [6, 6.07) is 5.19. The largest absolute Gasteiger partial charge is 0.482 e. The number of anilines is 1. The predicted octanol–water partition coefficient (Wildman–Crippen LogP) is 0.201. The molecule has 3 rings (SSSR count). The molecule has 1 aromatic carbocycles. The Hall–Kier alpha value is -2.25. The lowest BCUT2D eigenvalue weighted by atomic mass is 9.93. The number of carbonyl (C=O) groups is 3. The highest BCUT2D eigenvalue weighted by molar-refractivity contribution is 6.27. The van der Waals surface area contributed by atoms with E-state index in [-0.39, 0.29) is 12.5 Å². The highest BCUT2D eigenvalue weighted by Crippen LogP contribution is 2.31.